The monoisotopic (exact) mass is 322 g/mol. The number of carbonyl (C=O) groups is 1. The number of aromatic amines is 1. The summed E-state index contributed by atoms with van der Waals surface area (Å²) in [5.41, 5.74) is 4.46. The van der Waals surface area contributed by atoms with Gasteiger partial charge >= 0.3 is 0 Å². The van der Waals surface area contributed by atoms with Gasteiger partial charge < -0.3 is 10.3 Å². The number of carbonyl (C=O) groups excluding carboxylic acids is 1. The first-order valence-corrected chi connectivity index (χ1v) is 8.82. The van der Waals surface area contributed by atoms with Crippen molar-refractivity contribution in [1.82, 2.24) is 10.3 Å². The first-order chi connectivity index (χ1) is 11.7. The molecule has 1 aromatic carbocycles. The lowest BCUT2D eigenvalue weighted by atomic mass is 9.82. The highest BCUT2D eigenvalue weighted by Gasteiger charge is 2.29. The van der Waals surface area contributed by atoms with E-state index in [9.17, 15) is 9.59 Å². The zero-order valence-corrected chi connectivity index (χ0v) is 13.7. The fraction of sp³-hybridized carbons (Fsp3) is 0.400. The summed E-state index contributed by atoms with van der Waals surface area (Å²) in [6.07, 6.45) is 5.83. The van der Waals surface area contributed by atoms with Crippen LogP contribution in [0.25, 0.3) is 0 Å². The van der Waals surface area contributed by atoms with Gasteiger partial charge in [-0.1, -0.05) is 24.3 Å². The van der Waals surface area contributed by atoms with Crippen molar-refractivity contribution in [2.75, 3.05) is 0 Å². The summed E-state index contributed by atoms with van der Waals surface area (Å²) in [7, 11) is 0. The predicted molar refractivity (Wildman–Crippen MR) is 93.0 cm³/mol. The smallest absolute Gasteiger partial charge is 0.248 e. The molecule has 0 fully saturated rings. The van der Waals surface area contributed by atoms with Crippen molar-refractivity contribution in [3.63, 3.8) is 0 Å². The van der Waals surface area contributed by atoms with Crippen LogP contribution >= 0.6 is 0 Å². The predicted octanol–water partition coefficient (Wildman–Crippen LogP) is 2.99. The molecule has 2 atom stereocenters. The molecule has 0 radical (unpaired) electrons. The number of H-pyrrole nitrogens is 1. The van der Waals surface area contributed by atoms with Crippen molar-refractivity contribution in [2.24, 2.45) is 0 Å². The van der Waals surface area contributed by atoms with Gasteiger partial charge in [0.2, 0.25) is 11.5 Å². The summed E-state index contributed by atoms with van der Waals surface area (Å²) in [5, 5.41) is 3.24. The molecule has 4 nitrogen and oxygen atoms in total. The standard InChI is InChI=1S/C20H22N2O2/c23-19-12-11-16-17(21-19)9-4-10-18(16)22-20(24)15-8-3-6-13-5-1-2-7-14(13)15/h1-2,5,7,11-12,15,18H,3-4,6,8-10H2,(H,21,23)(H,22,24)/t15-,18-/m0/s1. The van der Waals surface area contributed by atoms with Crippen molar-refractivity contribution >= 4 is 5.91 Å². The Morgan fingerprint density at radius 1 is 1.00 bits per heavy atom. The summed E-state index contributed by atoms with van der Waals surface area (Å²) in [6, 6.07) is 11.7. The van der Waals surface area contributed by atoms with Gasteiger partial charge in [0.1, 0.15) is 0 Å². The minimum Gasteiger partial charge on any atom is -0.349 e. The molecule has 1 heterocycles. The maximum Gasteiger partial charge on any atom is 0.248 e. The summed E-state index contributed by atoms with van der Waals surface area (Å²) < 4.78 is 0. The number of nitrogens with one attached hydrogen (secondary N) is 2. The first kappa shape index (κ1) is 15.2. The van der Waals surface area contributed by atoms with Gasteiger partial charge in [0.05, 0.1) is 12.0 Å². The van der Waals surface area contributed by atoms with Crippen LogP contribution in [0.15, 0.2) is 41.2 Å². The van der Waals surface area contributed by atoms with E-state index in [0.717, 1.165) is 49.8 Å². The molecule has 0 spiro atoms. The number of amides is 1. The molecular formula is C20H22N2O2. The fourth-order valence-corrected chi connectivity index (χ4v) is 4.15. The number of aromatic nitrogens is 1. The molecule has 0 aliphatic heterocycles. The summed E-state index contributed by atoms with van der Waals surface area (Å²) in [6.45, 7) is 0. The first-order valence-electron chi connectivity index (χ1n) is 8.82. The molecule has 2 N–H and O–H groups in total. The van der Waals surface area contributed by atoms with Crippen molar-refractivity contribution in [2.45, 2.75) is 50.5 Å². The largest absolute Gasteiger partial charge is 0.349 e. The van der Waals surface area contributed by atoms with Gasteiger partial charge in [0.15, 0.2) is 0 Å². The number of hydrogen-bond donors (Lipinski definition) is 2. The van der Waals surface area contributed by atoms with Crippen molar-refractivity contribution < 1.29 is 4.79 Å². The van der Waals surface area contributed by atoms with Gasteiger partial charge in [-0.15, -0.1) is 0 Å². The van der Waals surface area contributed by atoms with E-state index in [0.29, 0.717) is 0 Å². The highest BCUT2D eigenvalue weighted by atomic mass is 16.2. The topological polar surface area (TPSA) is 62.0 Å². The van der Waals surface area contributed by atoms with E-state index in [4.69, 9.17) is 0 Å². The molecule has 0 saturated carbocycles. The Bertz CT molecular complexity index is 824. The minimum absolute atomic E-state index is 0.00666. The molecule has 2 aromatic rings. The van der Waals surface area contributed by atoms with Crippen molar-refractivity contribution in [3.05, 3.63) is 69.1 Å². The molecular weight excluding hydrogens is 300 g/mol. The quantitative estimate of drug-likeness (QED) is 0.893. The van der Waals surface area contributed by atoms with Gasteiger partial charge in [0.25, 0.3) is 0 Å². The molecule has 4 heteroatoms. The van der Waals surface area contributed by atoms with Gasteiger partial charge in [-0.3, -0.25) is 9.59 Å². The second-order valence-corrected chi connectivity index (χ2v) is 6.85. The van der Waals surface area contributed by atoms with Crippen molar-refractivity contribution in [1.29, 1.82) is 0 Å². The zero-order chi connectivity index (χ0) is 16.5. The van der Waals surface area contributed by atoms with Crippen LogP contribution in [0, 0.1) is 0 Å². The third-order valence-corrected chi connectivity index (χ3v) is 5.33. The Labute approximate surface area is 141 Å². The van der Waals surface area contributed by atoms with E-state index in [1.54, 1.807) is 6.07 Å². The van der Waals surface area contributed by atoms with Crippen molar-refractivity contribution in [3.8, 4) is 0 Å². The molecule has 2 aliphatic carbocycles. The average Bonchev–Trinajstić information content (AvgIpc) is 2.61. The summed E-state index contributed by atoms with van der Waals surface area (Å²) in [4.78, 5) is 27.4. The molecule has 4 rings (SSSR count). The van der Waals surface area contributed by atoms with Crippen LogP contribution in [-0.4, -0.2) is 10.9 Å². The SMILES string of the molecule is O=C(N[C@H]1CCCc2[nH]c(=O)ccc21)[C@H]1CCCc2ccccc21. The Balaban J connectivity index is 1.57. The highest BCUT2D eigenvalue weighted by molar-refractivity contribution is 5.84. The molecule has 1 amide bonds. The second kappa shape index (κ2) is 6.27. The van der Waals surface area contributed by atoms with Gasteiger partial charge in [-0.05, 0) is 61.3 Å². The Morgan fingerprint density at radius 3 is 2.75 bits per heavy atom. The number of benzene rings is 1. The molecule has 2 aliphatic rings. The Kier molecular flexibility index (Phi) is 3.97. The minimum atomic E-state index is -0.0677. The lowest BCUT2D eigenvalue weighted by molar-refractivity contribution is -0.123. The summed E-state index contributed by atoms with van der Waals surface area (Å²) >= 11 is 0. The van der Waals surface area contributed by atoms with Crippen LogP contribution in [0.4, 0.5) is 0 Å². The number of hydrogen-bond acceptors (Lipinski definition) is 2. The number of aryl methyl sites for hydroxylation is 2. The van der Waals surface area contributed by atoms with Crippen LogP contribution in [0.5, 0.6) is 0 Å². The lowest BCUT2D eigenvalue weighted by Gasteiger charge is -2.30. The van der Waals surface area contributed by atoms with Crippen LogP contribution in [0.3, 0.4) is 0 Å². The van der Waals surface area contributed by atoms with Crippen LogP contribution < -0.4 is 10.9 Å². The number of fused-ring (bicyclic) bond motifs is 2. The fourth-order valence-electron chi connectivity index (χ4n) is 4.15. The Hall–Kier alpha value is -2.36. The third-order valence-electron chi connectivity index (χ3n) is 5.33. The van der Waals surface area contributed by atoms with Gasteiger partial charge in [0, 0.05) is 11.8 Å². The maximum atomic E-state index is 12.9. The third kappa shape index (κ3) is 2.77. The van der Waals surface area contributed by atoms with E-state index in [1.807, 2.05) is 18.2 Å². The molecule has 124 valence electrons. The molecule has 0 saturated heterocycles. The van der Waals surface area contributed by atoms with Gasteiger partial charge in [-0.25, -0.2) is 0 Å². The van der Waals surface area contributed by atoms with Crippen LogP contribution in [-0.2, 0) is 17.6 Å². The lowest BCUT2D eigenvalue weighted by Crippen LogP contribution is -2.36. The molecule has 1 aromatic heterocycles. The Morgan fingerprint density at radius 2 is 1.83 bits per heavy atom. The number of pyridine rings is 1. The van der Waals surface area contributed by atoms with E-state index in [2.05, 4.69) is 22.4 Å². The maximum absolute atomic E-state index is 12.9. The van der Waals surface area contributed by atoms with Crippen LogP contribution in [0.1, 0.15) is 60.0 Å². The molecule has 0 bridgehead atoms. The highest BCUT2D eigenvalue weighted by Crippen LogP contribution is 2.33. The zero-order valence-electron chi connectivity index (χ0n) is 13.7. The molecule has 24 heavy (non-hydrogen) atoms. The second-order valence-electron chi connectivity index (χ2n) is 6.85. The number of rotatable bonds is 2. The van der Waals surface area contributed by atoms with Gasteiger partial charge in [-0.2, -0.15) is 0 Å². The van der Waals surface area contributed by atoms with E-state index in [1.165, 1.54) is 11.1 Å². The molecule has 0 unspecified atom stereocenters. The van der Waals surface area contributed by atoms with E-state index < -0.39 is 0 Å². The summed E-state index contributed by atoms with van der Waals surface area (Å²) in [5.74, 6) is 0.0642. The van der Waals surface area contributed by atoms with E-state index in [-0.39, 0.29) is 23.4 Å². The van der Waals surface area contributed by atoms with E-state index >= 15 is 0 Å². The normalized spacial score (nSPS) is 22.3. The average molecular weight is 322 g/mol. The van der Waals surface area contributed by atoms with Crippen LogP contribution in [0.2, 0.25) is 0 Å².